The van der Waals surface area contributed by atoms with Gasteiger partial charge in [-0.2, -0.15) is 0 Å². The quantitative estimate of drug-likeness (QED) is 0.569. The number of anilines is 1. The third-order valence-corrected chi connectivity index (χ3v) is 5.97. The molecule has 31 heavy (non-hydrogen) atoms. The second-order valence-corrected chi connectivity index (χ2v) is 7.93. The summed E-state index contributed by atoms with van der Waals surface area (Å²) in [5.74, 6) is 2.07. The van der Waals surface area contributed by atoms with E-state index in [0.29, 0.717) is 0 Å². The molecule has 1 aromatic heterocycles. The van der Waals surface area contributed by atoms with E-state index in [-0.39, 0.29) is 6.04 Å². The average molecular weight is 423 g/mol. The minimum atomic E-state index is 0.272. The Morgan fingerprint density at radius 1 is 1.00 bits per heavy atom. The minimum absolute atomic E-state index is 0.272. The van der Waals surface area contributed by atoms with Crippen LogP contribution in [0.15, 0.2) is 59.7 Å². The molecule has 2 aliphatic rings. The molecule has 0 amide bonds. The maximum Gasteiger partial charge on any atom is 0.194 e. The molecule has 1 unspecified atom stereocenters. The van der Waals surface area contributed by atoms with E-state index in [4.69, 9.17) is 9.73 Å². The third-order valence-electron chi connectivity index (χ3n) is 5.97. The molecular formula is C24H34N6O. The summed E-state index contributed by atoms with van der Waals surface area (Å²) in [5.41, 5.74) is 1.32. The molecule has 2 fully saturated rings. The number of piperazine rings is 1. The number of hydrogen-bond donors (Lipinski definition) is 1. The van der Waals surface area contributed by atoms with Gasteiger partial charge in [0.05, 0.1) is 25.8 Å². The standard InChI is InChI=1S/C24H34N6O/c1-2-25-24(30-14-12-29(13-15-30)23-10-6-7-11-26-23)27-20-22(21-8-4-3-5-9-21)28-16-18-31-19-17-28/h3-11,22H,2,12-20H2,1H3,(H,25,27). The second-order valence-electron chi connectivity index (χ2n) is 7.93. The van der Waals surface area contributed by atoms with Crippen molar-refractivity contribution in [1.29, 1.82) is 0 Å². The molecule has 0 radical (unpaired) electrons. The predicted molar refractivity (Wildman–Crippen MR) is 126 cm³/mol. The van der Waals surface area contributed by atoms with Crippen molar-refractivity contribution in [3.63, 3.8) is 0 Å². The van der Waals surface area contributed by atoms with Crippen LogP contribution in [0.3, 0.4) is 0 Å². The number of rotatable bonds is 6. The van der Waals surface area contributed by atoms with Gasteiger partial charge in [0.15, 0.2) is 5.96 Å². The molecule has 1 atom stereocenters. The van der Waals surface area contributed by atoms with Crippen molar-refractivity contribution in [2.75, 3.05) is 70.5 Å². The molecule has 1 aromatic carbocycles. The molecule has 7 heteroatoms. The zero-order chi connectivity index (χ0) is 21.3. The number of pyridine rings is 1. The number of ether oxygens (including phenoxy) is 1. The Balaban J connectivity index is 1.44. The molecule has 7 nitrogen and oxygen atoms in total. The first-order chi connectivity index (χ1) is 15.3. The normalized spacial score (nSPS) is 19.3. The van der Waals surface area contributed by atoms with Crippen molar-refractivity contribution in [3.8, 4) is 0 Å². The van der Waals surface area contributed by atoms with Crippen LogP contribution in [-0.4, -0.2) is 86.3 Å². The Bertz CT molecular complexity index is 801. The van der Waals surface area contributed by atoms with Crippen LogP contribution in [0.2, 0.25) is 0 Å². The molecule has 2 aromatic rings. The Labute approximate surface area is 185 Å². The number of nitrogens with zero attached hydrogens (tertiary/aromatic N) is 5. The number of aromatic nitrogens is 1. The van der Waals surface area contributed by atoms with E-state index in [1.165, 1.54) is 5.56 Å². The lowest BCUT2D eigenvalue weighted by atomic mass is 10.0. The van der Waals surface area contributed by atoms with Crippen LogP contribution >= 0.6 is 0 Å². The van der Waals surface area contributed by atoms with E-state index in [0.717, 1.165) is 77.3 Å². The predicted octanol–water partition coefficient (Wildman–Crippen LogP) is 2.24. The number of morpholine rings is 1. The Hall–Kier alpha value is -2.64. The maximum absolute atomic E-state index is 5.58. The van der Waals surface area contributed by atoms with Gasteiger partial charge in [0, 0.05) is 52.0 Å². The van der Waals surface area contributed by atoms with E-state index in [1.54, 1.807) is 0 Å². The molecule has 0 aliphatic carbocycles. The van der Waals surface area contributed by atoms with Gasteiger partial charge < -0.3 is 19.9 Å². The van der Waals surface area contributed by atoms with Gasteiger partial charge in [0.25, 0.3) is 0 Å². The summed E-state index contributed by atoms with van der Waals surface area (Å²) in [7, 11) is 0. The van der Waals surface area contributed by atoms with Crippen LogP contribution in [0.25, 0.3) is 0 Å². The second kappa shape index (κ2) is 11.1. The van der Waals surface area contributed by atoms with Gasteiger partial charge >= 0.3 is 0 Å². The Morgan fingerprint density at radius 3 is 2.42 bits per heavy atom. The number of aliphatic imine (C=N–C) groups is 1. The van der Waals surface area contributed by atoms with Crippen LogP contribution in [0.5, 0.6) is 0 Å². The van der Waals surface area contributed by atoms with Crippen LogP contribution in [-0.2, 0) is 4.74 Å². The molecule has 2 saturated heterocycles. The van der Waals surface area contributed by atoms with Gasteiger partial charge in [-0.15, -0.1) is 0 Å². The fourth-order valence-electron chi connectivity index (χ4n) is 4.28. The Morgan fingerprint density at radius 2 is 1.74 bits per heavy atom. The summed E-state index contributed by atoms with van der Waals surface area (Å²) in [6, 6.07) is 17.1. The molecule has 166 valence electrons. The van der Waals surface area contributed by atoms with Gasteiger partial charge in [-0.05, 0) is 24.6 Å². The zero-order valence-corrected chi connectivity index (χ0v) is 18.5. The molecule has 3 heterocycles. The lowest BCUT2D eigenvalue weighted by molar-refractivity contribution is 0.0179. The lowest BCUT2D eigenvalue weighted by Crippen LogP contribution is -2.53. The van der Waals surface area contributed by atoms with Crippen molar-refractivity contribution in [1.82, 2.24) is 20.1 Å². The monoisotopic (exact) mass is 422 g/mol. The molecule has 0 spiro atoms. The summed E-state index contributed by atoms with van der Waals surface area (Å²) in [6.45, 7) is 11.0. The van der Waals surface area contributed by atoms with Crippen molar-refractivity contribution < 1.29 is 4.74 Å². The first-order valence-corrected chi connectivity index (χ1v) is 11.4. The summed E-state index contributed by atoms with van der Waals surface area (Å²) < 4.78 is 5.58. The maximum atomic E-state index is 5.58. The summed E-state index contributed by atoms with van der Waals surface area (Å²) in [6.07, 6.45) is 1.86. The van der Waals surface area contributed by atoms with E-state index >= 15 is 0 Å². The van der Waals surface area contributed by atoms with Crippen molar-refractivity contribution in [2.24, 2.45) is 4.99 Å². The van der Waals surface area contributed by atoms with Gasteiger partial charge in [-0.1, -0.05) is 36.4 Å². The SMILES string of the molecule is CCNC(=NCC(c1ccccc1)N1CCOCC1)N1CCN(c2ccccn2)CC1. The molecule has 0 saturated carbocycles. The molecule has 4 rings (SSSR count). The summed E-state index contributed by atoms with van der Waals surface area (Å²) in [5, 5.41) is 3.52. The number of guanidine groups is 1. The van der Waals surface area contributed by atoms with Gasteiger partial charge in [0.2, 0.25) is 0 Å². The van der Waals surface area contributed by atoms with E-state index in [2.05, 4.69) is 74.4 Å². The highest BCUT2D eigenvalue weighted by atomic mass is 16.5. The molecular weight excluding hydrogens is 388 g/mol. The van der Waals surface area contributed by atoms with Crippen molar-refractivity contribution in [2.45, 2.75) is 13.0 Å². The van der Waals surface area contributed by atoms with Gasteiger partial charge in [0.1, 0.15) is 5.82 Å². The highest BCUT2D eigenvalue weighted by Gasteiger charge is 2.24. The van der Waals surface area contributed by atoms with Gasteiger partial charge in [-0.3, -0.25) is 9.89 Å². The van der Waals surface area contributed by atoms with Crippen LogP contribution < -0.4 is 10.2 Å². The fraction of sp³-hybridized carbons (Fsp3) is 0.500. The lowest BCUT2D eigenvalue weighted by Gasteiger charge is -2.38. The first-order valence-electron chi connectivity index (χ1n) is 11.4. The van der Waals surface area contributed by atoms with Crippen molar-refractivity contribution >= 4 is 11.8 Å². The van der Waals surface area contributed by atoms with E-state index in [9.17, 15) is 0 Å². The smallest absolute Gasteiger partial charge is 0.194 e. The summed E-state index contributed by atoms with van der Waals surface area (Å²) in [4.78, 5) is 16.8. The number of nitrogens with one attached hydrogen (secondary N) is 1. The summed E-state index contributed by atoms with van der Waals surface area (Å²) >= 11 is 0. The highest BCUT2D eigenvalue weighted by Crippen LogP contribution is 2.22. The fourth-order valence-corrected chi connectivity index (χ4v) is 4.28. The molecule has 1 N–H and O–H groups in total. The minimum Gasteiger partial charge on any atom is -0.379 e. The average Bonchev–Trinajstić information content (AvgIpc) is 2.85. The number of benzene rings is 1. The van der Waals surface area contributed by atoms with E-state index < -0.39 is 0 Å². The Kier molecular flexibility index (Phi) is 7.74. The van der Waals surface area contributed by atoms with Gasteiger partial charge in [-0.25, -0.2) is 4.98 Å². The van der Waals surface area contributed by atoms with Crippen LogP contribution in [0.4, 0.5) is 5.82 Å². The topological polar surface area (TPSA) is 56.2 Å². The van der Waals surface area contributed by atoms with E-state index in [1.807, 2.05) is 12.3 Å². The van der Waals surface area contributed by atoms with Crippen LogP contribution in [0, 0.1) is 0 Å². The van der Waals surface area contributed by atoms with Crippen LogP contribution in [0.1, 0.15) is 18.5 Å². The highest BCUT2D eigenvalue weighted by molar-refractivity contribution is 5.80. The third kappa shape index (κ3) is 5.74. The largest absolute Gasteiger partial charge is 0.379 e. The molecule has 0 bridgehead atoms. The number of hydrogen-bond acceptors (Lipinski definition) is 5. The molecule has 2 aliphatic heterocycles. The zero-order valence-electron chi connectivity index (χ0n) is 18.5. The first kappa shape index (κ1) is 21.6. The van der Waals surface area contributed by atoms with Crippen molar-refractivity contribution in [3.05, 3.63) is 60.3 Å².